The minimum Gasteiger partial charge on any atom is -0.323 e. The molecule has 1 aromatic rings. The molecule has 0 saturated heterocycles. The molecule has 0 aliphatic heterocycles. The maximum absolute atomic E-state index is 12.0. The van der Waals surface area contributed by atoms with Crippen LogP contribution in [-0.2, 0) is 10.0 Å². The van der Waals surface area contributed by atoms with Crippen LogP contribution in [0.1, 0.15) is 19.3 Å². The fourth-order valence-corrected chi connectivity index (χ4v) is 2.92. The molecular formula is C11H17N3O2S. The van der Waals surface area contributed by atoms with Gasteiger partial charge in [0.2, 0.25) is 10.0 Å². The van der Waals surface area contributed by atoms with E-state index < -0.39 is 10.0 Å². The van der Waals surface area contributed by atoms with Crippen molar-refractivity contribution in [1.82, 2.24) is 4.72 Å². The third-order valence-corrected chi connectivity index (χ3v) is 4.39. The van der Waals surface area contributed by atoms with Gasteiger partial charge in [0.1, 0.15) is 4.90 Å². The molecule has 0 atom stereocenters. The average Bonchev–Trinajstić information content (AvgIpc) is 3.13. The molecule has 0 amide bonds. The maximum Gasteiger partial charge on any atom is 0.242 e. The van der Waals surface area contributed by atoms with E-state index in [2.05, 4.69) is 10.1 Å². The zero-order chi connectivity index (χ0) is 12.3. The van der Waals surface area contributed by atoms with Crippen molar-refractivity contribution in [2.24, 2.45) is 11.8 Å². The predicted molar refractivity (Wildman–Crippen MR) is 66.8 cm³/mol. The van der Waals surface area contributed by atoms with Crippen LogP contribution < -0.4 is 16.0 Å². The van der Waals surface area contributed by atoms with Crippen molar-refractivity contribution >= 4 is 15.7 Å². The van der Waals surface area contributed by atoms with Crippen LogP contribution in [0.3, 0.4) is 0 Å². The third kappa shape index (κ3) is 3.18. The molecule has 5 nitrogen and oxygen atoms in total. The Morgan fingerprint density at radius 2 is 2.00 bits per heavy atom. The Labute approximate surface area is 101 Å². The Morgan fingerprint density at radius 3 is 2.65 bits per heavy atom. The number of hydrogen-bond acceptors (Lipinski definition) is 4. The summed E-state index contributed by atoms with van der Waals surface area (Å²) in [6.45, 7) is 0.492. The van der Waals surface area contributed by atoms with E-state index in [1.807, 2.05) is 0 Å². The molecule has 1 aromatic carbocycles. The lowest BCUT2D eigenvalue weighted by atomic mass is 10.3. The van der Waals surface area contributed by atoms with Gasteiger partial charge in [-0.05, 0) is 24.5 Å². The first-order valence-electron chi connectivity index (χ1n) is 5.69. The van der Waals surface area contributed by atoms with Crippen LogP contribution in [0.5, 0.6) is 0 Å². The van der Waals surface area contributed by atoms with E-state index in [-0.39, 0.29) is 4.90 Å². The molecule has 1 saturated carbocycles. The first kappa shape index (κ1) is 12.3. The van der Waals surface area contributed by atoms with Gasteiger partial charge in [0.05, 0.1) is 5.69 Å². The molecule has 1 aliphatic carbocycles. The monoisotopic (exact) mass is 255 g/mol. The Morgan fingerprint density at radius 1 is 1.29 bits per heavy atom. The molecule has 0 bridgehead atoms. The van der Waals surface area contributed by atoms with Gasteiger partial charge in [-0.3, -0.25) is 5.84 Å². The zero-order valence-corrected chi connectivity index (χ0v) is 10.3. The van der Waals surface area contributed by atoms with Gasteiger partial charge < -0.3 is 5.43 Å². The lowest BCUT2D eigenvalue weighted by Gasteiger charge is -2.10. The minimum atomic E-state index is -3.46. The Balaban J connectivity index is 2.06. The topological polar surface area (TPSA) is 84.2 Å². The van der Waals surface area contributed by atoms with E-state index >= 15 is 0 Å². The second-order valence-corrected chi connectivity index (χ2v) is 6.01. The van der Waals surface area contributed by atoms with Gasteiger partial charge in [0.25, 0.3) is 0 Å². The molecule has 1 aliphatic rings. The highest BCUT2D eigenvalue weighted by molar-refractivity contribution is 7.89. The number of rotatable bonds is 6. The fourth-order valence-electron chi connectivity index (χ4n) is 1.70. The van der Waals surface area contributed by atoms with Crippen LogP contribution in [0.15, 0.2) is 29.2 Å². The zero-order valence-electron chi connectivity index (χ0n) is 9.52. The van der Waals surface area contributed by atoms with E-state index in [9.17, 15) is 8.42 Å². The molecule has 0 aromatic heterocycles. The van der Waals surface area contributed by atoms with Crippen LogP contribution in [0.4, 0.5) is 5.69 Å². The van der Waals surface area contributed by atoms with E-state index in [4.69, 9.17) is 5.84 Å². The molecule has 0 heterocycles. The van der Waals surface area contributed by atoms with E-state index in [1.165, 1.54) is 18.9 Å². The van der Waals surface area contributed by atoms with Gasteiger partial charge in [0, 0.05) is 6.54 Å². The number of sulfonamides is 1. The highest BCUT2D eigenvalue weighted by Gasteiger charge is 2.22. The standard InChI is InChI=1S/C11H17N3O2S/c12-14-10-3-1-2-4-11(10)17(15,16)13-8-7-9-5-6-9/h1-4,9,13-14H,5-8,12H2. The lowest BCUT2D eigenvalue weighted by Crippen LogP contribution is -2.26. The van der Waals surface area contributed by atoms with Crippen molar-refractivity contribution in [2.45, 2.75) is 24.2 Å². The average molecular weight is 255 g/mol. The lowest BCUT2D eigenvalue weighted by molar-refractivity contribution is 0.575. The minimum absolute atomic E-state index is 0.193. The molecule has 0 radical (unpaired) electrons. The Bertz CT molecular complexity index is 483. The molecule has 17 heavy (non-hydrogen) atoms. The molecule has 0 unspecified atom stereocenters. The van der Waals surface area contributed by atoms with E-state index in [0.717, 1.165) is 6.42 Å². The molecular weight excluding hydrogens is 238 g/mol. The number of hydrazine groups is 1. The smallest absolute Gasteiger partial charge is 0.242 e. The van der Waals surface area contributed by atoms with Crippen molar-refractivity contribution in [3.05, 3.63) is 24.3 Å². The quantitative estimate of drug-likeness (QED) is 0.524. The van der Waals surface area contributed by atoms with Gasteiger partial charge in [0.15, 0.2) is 0 Å². The largest absolute Gasteiger partial charge is 0.323 e. The van der Waals surface area contributed by atoms with Crippen molar-refractivity contribution in [3.8, 4) is 0 Å². The summed E-state index contributed by atoms with van der Waals surface area (Å²) in [6.07, 6.45) is 3.36. The Kier molecular flexibility index (Phi) is 3.66. The normalized spacial score (nSPS) is 15.8. The third-order valence-electron chi connectivity index (χ3n) is 2.87. The van der Waals surface area contributed by atoms with Gasteiger partial charge in [-0.1, -0.05) is 25.0 Å². The van der Waals surface area contributed by atoms with Crippen molar-refractivity contribution in [2.75, 3.05) is 12.0 Å². The van der Waals surface area contributed by atoms with Gasteiger partial charge in [-0.2, -0.15) is 0 Å². The summed E-state index contributed by atoms with van der Waals surface area (Å²) in [5.41, 5.74) is 2.80. The highest BCUT2D eigenvalue weighted by atomic mass is 32.2. The van der Waals surface area contributed by atoms with Crippen LogP contribution in [0.25, 0.3) is 0 Å². The van der Waals surface area contributed by atoms with Gasteiger partial charge >= 0.3 is 0 Å². The second kappa shape index (κ2) is 5.03. The number of anilines is 1. The number of para-hydroxylation sites is 1. The number of benzene rings is 1. The summed E-state index contributed by atoms with van der Waals surface area (Å²) >= 11 is 0. The van der Waals surface area contributed by atoms with Crippen LogP contribution in [-0.4, -0.2) is 15.0 Å². The SMILES string of the molecule is NNc1ccccc1S(=O)(=O)NCCC1CC1. The van der Waals surface area contributed by atoms with Crippen LogP contribution in [0, 0.1) is 5.92 Å². The molecule has 0 spiro atoms. The van der Waals surface area contributed by atoms with E-state index in [0.29, 0.717) is 18.2 Å². The molecule has 4 N–H and O–H groups in total. The summed E-state index contributed by atoms with van der Waals surface area (Å²) < 4.78 is 26.6. The molecule has 2 rings (SSSR count). The summed E-state index contributed by atoms with van der Waals surface area (Å²) in [5.74, 6) is 6.00. The summed E-state index contributed by atoms with van der Waals surface area (Å²) in [7, 11) is -3.46. The maximum atomic E-state index is 12.0. The number of nitrogens with two attached hydrogens (primary N) is 1. The second-order valence-electron chi connectivity index (χ2n) is 4.27. The van der Waals surface area contributed by atoms with E-state index in [1.54, 1.807) is 18.2 Å². The van der Waals surface area contributed by atoms with Crippen molar-refractivity contribution in [1.29, 1.82) is 0 Å². The molecule has 94 valence electrons. The first-order chi connectivity index (χ1) is 8.13. The summed E-state index contributed by atoms with van der Waals surface area (Å²) in [5, 5.41) is 0. The fraction of sp³-hybridized carbons (Fsp3) is 0.455. The van der Waals surface area contributed by atoms with Crippen LogP contribution >= 0.6 is 0 Å². The number of nitrogens with one attached hydrogen (secondary N) is 2. The van der Waals surface area contributed by atoms with Crippen molar-refractivity contribution in [3.63, 3.8) is 0 Å². The number of hydrogen-bond donors (Lipinski definition) is 3. The van der Waals surface area contributed by atoms with Crippen LogP contribution in [0.2, 0.25) is 0 Å². The predicted octanol–water partition coefficient (Wildman–Crippen LogP) is 1.05. The summed E-state index contributed by atoms with van der Waals surface area (Å²) in [4.78, 5) is 0.193. The number of nitrogen functional groups attached to an aromatic ring is 1. The van der Waals surface area contributed by atoms with Gasteiger partial charge in [-0.15, -0.1) is 0 Å². The van der Waals surface area contributed by atoms with Gasteiger partial charge in [-0.25, -0.2) is 13.1 Å². The first-order valence-corrected chi connectivity index (χ1v) is 7.17. The Hall–Kier alpha value is -1.11. The molecule has 6 heteroatoms. The summed E-state index contributed by atoms with van der Waals surface area (Å²) in [6, 6.07) is 6.58. The molecule has 1 fully saturated rings. The highest BCUT2D eigenvalue weighted by Crippen LogP contribution is 2.31. The van der Waals surface area contributed by atoms with Crippen molar-refractivity contribution < 1.29 is 8.42 Å².